The second-order valence-corrected chi connectivity index (χ2v) is 34.2. The Labute approximate surface area is 712 Å². The Balaban J connectivity index is 0.000000107. The van der Waals surface area contributed by atoms with Crippen LogP contribution in [0.3, 0.4) is 0 Å². The summed E-state index contributed by atoms with van der Waals surface area (Å²) in [4.78, 5) is 0. The molecule has 0 aromatic heterocycles. The lowest BCUT2D eigenvalue weighted by Gasteiger charge is -2.34. The van der Waals surface area contributed by atoms with E-state index >= 15 is 0 Å². The van der Waals surface area contributed by atoms with E-state index in [2.05, 4.69) is 491 Å². The fourth-order valence-corrected chi connectivity index (χ4v) is 21.9. The number of hydrogen-bond donors (Lipinski definition) is 0. The van der Waals surface area contributed by atoms with Gasteiger partial charge in [-0.1, -0.05) is 436 Å². The Morgan fingerprint density at radius 3 is 0.932 bits per heavy atom. The largest absolute Gasteiger partial charge is 0.0714 e. The zero-order chi connectivity index (χ0) is 78.6. The van der Waals surface area contributed by atoms with Gasteiger partial charge in [0, 0.05) is 13.4 Å². The second-order valence-electron chi connectivity index (χ2n) is 31.5. The summed E-state index contributed by atoms with van der Waals surface area (Å²) in [5.41, 5.74) is 29.7. The molecule has 0 fully saturated rings. The van der Waals surface area contributed by atoms with Gasteiger partial charge in [-0.05, 0) is 253 Å². The summed E-state index contributed by atoms with van der Waals surface area (Å²) in [6, 6.07) is 163. The van der Waals surface area contributed by atoms with E-state index < -0.39 is 10.8 Å². The van der Waals surface area contributed by atoms with Crippen LogP contribution < -0.4 is 0 Å². The highest BCUT2D eigenvalue weighted by molar-refractivity contribution is 9.11. The molecular weight excluding hydrogens is 1620 g/mol. The van der Waals surface area contributed by atoms with Crippen molar-refractivity contribution in [3.05, 3.63) is 523 Å². The quantitative estimate of drug-likeness (QED) is 0.126. The third kappa shape index (κ3) is 11.2. The van der Waals surface area contributed by atoms with Gasteiger partial charge in [-0.15, -0.1) is 0 Å². The molecule has 0 unspecified atom stereocenters. The normalized spacial score (nSPS) is 13.4. The summed E-state index contributed by atoms with van der Waals surface area (Å²) in [6.45, 7) is 0. The summed E-state index contributed by atoms with van der Waals surface area (Å²) >= 11 is 11.3. The molecule has 0 spiro atoms. The van der Waals surface area contributed by atoms with Gasteiger partial charge in [-0.2, -0.15) is 0 Å². The zero-order valence-corrected chi connectivity index (χ0v) is 69.0. The number of halogens is 3. The molecule has 0 aliphatic heterocycles. The minimum atomic E-state index is -0.434. The first-order valence-electron chi connectivity index (χ1n) is 40.5. The number of rotatable bonds is 9. The van der Waals surface area contributed by atoms with E-state index in [1.807, 2.05) is 0 Å². The Hall–Kier alpha value is -13.1. The lowest BCUT2D eigenvalue weighted by Crippen LogP contribution is -2.28. The molecular formula is C115H73Br3. The van der Waals surface area contributed by atoms with Gasteiger partial charge in [0.05, 0.1) is 16.2 Å². The highest BCUT2D eigenvalue weighted by Gasteiger charge is 2.49. The minimum absolute atomic E-state index is 0.381. The molecule has 21 aromatic rings. The van der Waals surface area contributed by atoms with Crippen molar-refractivity contribution in [3.8, 4) is 66.8 Å². The first-order chi connectivity index (χ1) is 58.2. The van der Waals surface area contributed by atoms with E-state index in [1.54, 1.807) is 0 Å². The maximum Gasteiger partial charge on any atom is 0.0714 e. The molecule has 21 aromatic carbocycles. The van der Waals surface area contributed by atoms with Crippen molar-refractivity contribution in [1.82, 2.24) is 0 Å². The molecule has 24 rings (SSSR count). The molecule has 0 atom stereocenters. The van der Waals surface area contributed by atoms with Crippen molar-refractivity contribution >= 4 is 112 Å². The zero-order valence-electron chi connectivity index (χ0n) is 64.3. The monoisotopic (exact) mass is 1690 g/mol. The van der Waals surface area contributed by atoms with Crippen LogP contribution in [0.1, 0.15) is 66.8 Å². The van der Waals surface area contributed by atoms with Crippen molar-refractivity contribution in [2.75, 3.05) is 0 Å². The molecule has 3 aliphatic carbocycles. The van der Waals surface area contributed by atoms with Crippen LogP contribution in [0.25, 0.3) is 131 Å². The summed E-state index contributed by atoms with van der Waals surface area (Å²) in [5, 5.41) is 15.6. The van der Waals surface area contributed by atoms with Crippen LogP contribution in [0.2, 0.25) is 0 Å². The number of benzene rings is 21. The smallest absolute Gasteiger partial charge is 0.0619 e. The van der Waals surface area contributed by atoms with Gasteiger partial charge < -0.3 is 0 Å². The Kier molecular flexibility index (Phi) is 17.5. The Morgan fingerprint density at radius 2 is 0.458 bits per heavy atom. The summed E-state index contributed by atoms with van der Waals surface area (Å²) < 4.78 is 3.26. The highest BCUT2D eigenvalue weighted by Crippen LogP contribution is 2.61. The van der Waals surface area contributed by atoms with E-state index in [1.165, 1.54) is 198 Å². The molecule has 3 heteroatoms. The summed E-state index contributed by atoms with van der Waals surface area (Å²) in [5.74, 6) is 0. The molecule has 0 radical (unpaired) electrons. The van der Waals surface area contributed by atoms with Crippen molar-refractivity contribution in [2.24, 2.45) is 0 Å². The third-order valence-electron chi connectivity index (χ3n) is 25.6. The SMILES string of the molecule is Brc1cccc(C2(c3ccc(-c4cccc5ccccc45)cc3)c3ccccc3-c3ccccc32)c1.Brc1cccc(C2(c3cccc(-c4cc5ccccc5c5ccccc45)c3)c3ccccc3-c3ccccc32)c1.Brc1cccc(C2(c3cccc(-c4ccc5ccc6cccc7ccc4c5c67)c3)c3ccccc3-c3ccccc32)c1. The van der Waals surface area contributed by atoms with Gasteiger partial charge in [0.2, 0.25) is 0 Å². The fraction of sp³-hybridized carbons (Fsp3) is 0.0261. The average Bonchev–Trinajstić information content (AvgIpc) is 1.53. The fourth-order valence-electron chi connectivity index (χ4n) is 20.7. The number of hydrogen-bond acceptors (Lipinski definition) is 0. The van der Waals surface area contributed by atoms with Gasteiger partial charge in [-0.25, -0.2) is 0 Å². The van der Waals surface area contributed by atoms with Gasteiger partial charge >= 0.3 is 0 Å². The van der Waals surface area contributed by atoms with Gasteiger partial charge in [0.25, 0.3) is 0 Å². The molecule has 118 heavy (non-hydrogen) atoms. The summed E-state index contributed by atoms with van der Waals surface area (Å²) in [6.07, 6.45) is 0. The molecule has 0 amide bonds. The molecule has 0 nitrogen and oxygen atoms in total. The van der Waals surface area contributed by atoms with Crippen molar-refractivity contribution in [2.45, 2.75) is 16.2 Å². The lowest BCUT2D eigenvalue weighted by molar-refractivity contribution is 0.768. The van der Waals surface area contributed by atoms with Crippen LogP contribution in [0.5, 0.6) is 0 Å². The maximum atomic E-state index is 3.80. The van der Waals surface area contributed by atoms with Crippen LogP contribution in [-0.2, 0) is 16.2 Å². The van der Waals surface area contributed by atoms with Crippen molar-refractivity contribution in [3.63, 3.8) is 0 Å². The van der Waals surface area contributed by atoms with Crippen LogP contribution in [0, 0.1) is 0 Å². The lowest BCUT2D eigenvalue weighted by atomic mass is 9.67. The van der Waals surface area contributed by atoms with E-state index in [9.17, 15) is 0 Å². The van der Waals surface area contributed by atoms with E-state index in [4.69, 9.17) is 0 Å². The van der Waals surface area contributed by atoms with Crippen LogP contribution in [-0.4, -0.2) is 0 Å². The standard InChI is InChI=1S/C41H25Br.C39H25Br.C35H23Br/c42-32-13-7-12-31(25-32)41(37-16-3-1-14-34(37)35-15-2-4-17-38(35)41)30-11-6-10-29(24-30)33-22-20-28-19-18-26-8-5-9-27-21-23-36(33)40(28)39(26)27;40-30-15-10-14-29(25-30)39(37-21-7-5-19-34(37)35-20-6-8-22-38(35)39)28-13-9-12-26(23-28)36-24-27-11-1-2-16-31(27)32-17-3-4-18-33(32)36;36-28-12-8-11-27(23-28)35(33-17-5-3-14-31(33)32-15-4-6-18-34(32)35)26-21-19-25(20-22-26)30-16-7-10-24-9-1-2-13-29(24)30/h1-25H;1-25H;1-23H. The molecule has 0 bridgehead atoms. The van der Waals surface area contributed by atoms with E-state index in [0.717, 1.165) is 13.4 Å². The molecule has 0 N–H and O–H groups in total. The predicted octanol–water partition coefficient (Wildman–Crippen LogP) is 31.8. The van der Waals surface area contributed by atoms with E-state index in [-0.39, 0.29) is 5.41 Å². The number of fused-ring (bicyclic) bond motifs is 13. The van der Waals surface area contributed by atoms with Crippen LogP contribution in [0.15, 0.2) is 456 Å². The van der Waals surface area contributed by atoms with E-state index in [0.29, 0.717) is 0 Å². The van der Waals surface area contributed by atoms with Gasteiger partial charge in [0.1, 0.15) is 0 Å². The molecule has 554 valence electrons. The second kappa shape index (κ2) is 29.0. The average molecular weight is 1690 g/mol. The third-order valence-corrected chi connectivity index (χ3v) is 27.0. The highest BCUT2D eigenvalue weighted by atomic mass is 79.9. The topological polar surface area (TPSA) is 0 Å². The van der Waals surface area contributed by atoms with Crippen LogP contribution >= 0.6 is 47.8 Å². The first-order valence-corrected chi connectivity index (χ1v) is 42.9. The molecule has 0 saturated carbocycles. The maximum absolute atomic E-state index is 3.80. The Bertz CT molecular complexity index is 7410. The first kappa shape index (κ1) is 71.4. The van der Waals surface area contributed by atoms with Crippen molar-refractivity contribution in [1.29, 1.82) is 0 Å². The predicted molar refractivity (Wildman–Crippen MR) is 507 cm³/mol. The summed E-state index contributed by atoms with van der Waals surface area (Å²) in [7, 11) is 0. The van der Waals surface area contributed by atoms with Gasteiger partial charge in [0.15, 0.2) is 0 Å². The molecule has 0 saturated heterocycles. The molecule has 0 heterocycles. The minimum Gasteiger partial charge on any atom is -0.0619 e. The van der Waals surface area contributed by atoms with Gasteiger partial charge in [-0.3, -0.25) is 0 Å². The van der Waals surface area contributed by atoms with Crippen LogP contribution in [0.4, 0.5) is 0 Å². The van der Waals surface area contributed by atoms with Crippen molar-refractivity contribution < 1.29 is 0 Å². The Morgan fingerprint density at radius 1 is 0.144 bits per heavy atom. The molecule has 3 aliphatic rings.